The van der Waals surface area contributed by atoms with Crippen LogP contribution in [0.5, 0.6) is 0 Å². The van der Waals surface area contributed by atoms with Crippen LogP contribution in [0.25, 0.3) is 10.9 Å². The maximum Gasteiger partial charge on any atom is 0.252 e. The zero-order chi connectivity index (χ0) is 18.8. The van der Waals surface area contributed by atoms with E-state index in [4.69, 9.17) is 0 Å². The minimum absolute atomic E-state index is 0.0471. The van der Waals surface area contributed by atoms with Crippen LogP contribution in [-0.2, 0) is 4.79 Å². The van der Waals surface area contributed by atoms with Gasteiger partial charge in [0.1, 0.15) is 0 Å². The maximum atomic E-state index is 12.7. The first-order valence-electron chi connectivity index (χ1n) is 9.71. The van der Waals surface area contributed by atoms with Crippen molar-refractivity contribution in [3.8, 4) is 0 Å². The number of pyridine rings is 1. The van der Waals surface area contributed by atoms with E-state index < -0.39 is 0 Å². The normalized spacial score (nSPS) is 19.9. The Kier molecular flexibility index (Phi) is 5.34. The molecule has 2 aromatic rings. The Morgan fingerprint density at radius 1 is 1.26 bits per heavy atom. The summed E-state index contributed by atoms with van der Waals surface area (Å²) in [6, 6.07) is 9.83. The number of nitrogens with one attached hydrogen (secondary N) is 1. The van der Waals surface area contributed by atoms with Gasteiger partial charge in [0.25, 0.3) is 5.91 Å². The van der Waals surface area contributed by atoms with Crippen molar-refractivity contribution in [2.24, 2.45) is 5.92 Å². The van der Waals surface area contributed by atoms with Crippen LogP contribution in [0.15, 0.2) is 35.4 Å². The van der Waals surface area contributed by atoms with E-state index in [2.05, 4.69) is 17.2 Å². The minimum Gasteiger partial charge on any atom is -0.349 e. The molecule has 2 amide bonds. The van der Waals surface area contributed by atoms with Gasteiger partial charge in [0, 0.05) is 24.5 Å². The number of thioether (sulfide) groups is 1. The molecule has 5 nitrogen and oxygen atoms in total. The molecule has 4 rings (SSSR count). The predicted molar refractivity (Wildman–Crippen MR) is 108 cm³/mol. The summed E-state index contributed by atoms with van der Waals surface area (Å²) in [4.78, 5) is 31.8. The summed E-state index contributed by atoms with van der Waals surface area (Å²) >= 11 is 1.42. The van der Waals surface area contributed by atoms with Crippen LogP contribution in [0.3, 0.4) is 0 Å². The third-order valence-corrected chi connectivity index (χ3v) is 6.10. The van der Waals surface area contributed by atoms with Gasteiger partial charge in [-0.25, -0.2) is 4.98 Å². The molecule has 1 saturated heterocycles. The third-order valence-electron chi connectivity index (χ3n) is 5.20. The van der Waals surface area contributed by atoms with Crippen molar-refractivity contribution in [2.75, 3.05) is 18.8 Å². The van der Waals surface area contributed by atoms with Crippen molar-refractivity contribution in [3.63, 3.8) is 0 Å². The smallest absolute Gasteiger partial charge is 0.252 e. The fraction of sp³-hybridized carbons (Fsp3) is 0.476. The second kappa shape index (κ2) is 7.89. The lowest BCUT2D eigenvalue weighted by molar-refractivity contribution is -0.130. The van der Waals surface area contributed by atoms with Crippen LogP contribution >= 0.6 is 11.8 Å². The van der Waals surface area contributed by atoms with E-state index in [1.807, 2.05) is 35.2 Å². The van der Waals surface area contributed by atoms with E-state index in [1.165, 1.54) is 18.2 Å². The van der Waals surface area contributed by atoms with Crippen LogP contribution < -0.4 is 5.32 Å². The number of benzene rings is 1. The van der Waals surface area contributed by atoms with Gasteiger partial charge in [-0.15, -0.1) is 0 Å². The summed E-state index contributed by atoms with van der Waals surface area (Å²) in [5.74, 6) is 1.05. The van der Waals surface area contributed by atoms with Gasteiger partial charge in [0.05, 0.1) is 21.9 Å². The van der Waals surface area contributed by atoms with Crippen molar-refractivity contribution in [2.45, 2.75) is 43.7 Å². The van der Waals surface area contributed by atoms with Crippen LogP contribution in [0.1, 0.15) is 43.0 Å². The average Bonchev–Trinajstić information content (AvgIpc) is 3.49. The van der Waals surface area contributed by atoms with Crippen LogP contribution in [0, 0.1) is 5.92 Å². The standard InChI is InChI=1S/C21H25N3O2S/c1-14-5-4-10-24(12-14)20(25)13-27-19-11-17(21(26)22-15-8-9-15)16-6-2-3-7-18(16)23-19/h2-3,6-7,11,14-15H,4-5,8-10,12-13H2,1H3,(H,22,26). The number of rotatable bonds is 5. The monoisotopic (exact) mass is 383 g/mol. The Morgan fingerprint density at radius 3 is 2.85 bits per heavy atom. The van der Waals surface area contributed by atoms with Gasteiger partial charge in [-0.1, -0.05) is 36.9 Å². The van der Waals surface area contributed by atoms with Gasteiger partial charge >= 0.3 is 0 Å². The lowest BCUT2D eigenvalue weighted by Crippen LogP contribution is -2.40. The molecule has 2 heterocycles. The highest BCUT2D eigenvalue weighted by Gasteiger charge is 2.25. The lowest BCUT2D eigenvalue weighted by atomic mass is 10.0. The summed E-state index contributed by atoms with van der Waals surface area (Å²) in [5, 5.41) is 4.65. The Bertz CT molecular complexity index is 866. The zero-order valence-electron chi connectivity index (χ0n) is 15.6. The molecular formula is C21H25N3O2S. The second-order valence-corrected chi connectivity index (χ2v) is 8.64. The number of piperidine rings is 1. The Morgan fingerprint density at radius 2 is 2.07 bits per heavy atom. The fourth-order valence-electron chi connectivity index (χ4n) is 3.55. The van der Waals surface area contributed by atoms with Crippen molar-refractivity contribution in [3.05, 3.63) is 35.9 Å². The van der Waals surface area contributed by atoms with E-state index in [-0.39, 0.29) is 11.8 Å². The number of likely N-dealkylation sites (tertiary alicyclic amines) is 1. The van der Waals surface area contributed by atoms with Crippen molar-refractivity contribution in [1.29, 1.82) is 0 Å². The number of amides is 2. The Balaban J connectivity index is 1.51. The molecule has 6 heteroatoms. The number of carbonyl (C=O) groups is 2. The molecule has 0 spiro atoms. The molecule has 2 fully saturated rings. The molecule has 1 aromatic heterocycles. The topological polar surface area (TPSA) is 62.3 Å². The van der Waals surface area contributed by atoms with Gasteiger partial charge in [0.15, 0.2) is 0 Å². The third kappa shape index (κ3) is 4.43. The quantitative estimate of drug-likeness (QED) is 0.803. The SMILES string of the molecule is CC1CCCN(C(=O)CSc2cc(C(=O)NC3CC3)c3ccccc3n2)C1. The van der Waals surface area contributed by atoms with E-state index in [1.54, 1.807) is 0 Å². The highest BCUT2D eigenvalue weighted by molar-refractivity contribution is 7.99. The van der Waals surface area contributed by atoms with Crippen LogP contribution in [-0.4, -0.2) is 46.6 Å². The van der Waals surface area contributed by atoms with Crippen molar-refractivity contribution < 1.29 is 9.59 Å². The minimum atomic E-state index is -0.0471. The van der Waals surface area contributed by atoms with Gasteiger partial charge in [-0.05, 0) is 43.7 Å². The molecule has 1 unspecified atom stereocenters. The fourth-order valence-corrected chi connectivity index (χ4v) is 4.36. The van der Waals surface area contributed by atoms with E-state index >= 15 is 0 Å². The molecular weight excluding hydrogens is 358 g/mol. The summed E-state index contributed by atoms with van der Waals surface area (Å²) < 4.78 is 0. The van der Waals surface area contributed by atoms with Crippen LogP contribution in [0.4, 0.5) is 0 Å². The van der Waals surface area contributed by atoms with Crippen LogP contribution in [0.2, 0.25) is 0 Å². The number of carbonyl (C=O) groups excluding carboxylic acids is 2. The summed E-state index contributed by atoms with van der Waals surface area (Å²) in [6.07, 6.45) is 4.39. The predicted octanol–water partition coefficient (Wildman–Crippen LogP) is 3.48. The summed E-state index contributed by atoms with van der Waals surface area (Å²) in [7, 11) is 0. The largest absolute Gasteiger partial charge is 0.349 e. The Hall–Kier alpha value is -2.08. The molecule has 1 aromatic carbocycles. The first kappa shape index (κ1) is 18.3. The first-order chi connectivity index (χ1) is 13.1. The molecule has 1 atom stereocenters. The number of aromatic nitrogens is 1. The van der Waals surface area contributed by atoms with Crippen molar-refractivity contribution in [1.82, 2.24) is 15.2 Å². The average molecular weight is 384 g/mol. The van der Waals surface area contributed by atoms with Crippen molar-refractivity contribution >= 4 is 34.5 Å². The molecule has 1 N–H and O–H groups in total. The summed E-state index contributed by atoms with van der Waals surface area (Å²) in [5.41, 5.74) is 1.44. The van der Waals surface area contributed by atoms with E-state index in [9.17, 15) is 9.59 Å². The second-order valence-electron chi connectivity index (χ2n) is 7.65. The molecule has 0 bridgehead atoms. The molecule has 1 aliphatic carbocycles. The molecule has 27 heavy (non-hydrogen) atoms. The molecule has 1 aliphatic heterocycles. The number of fused-ring (bicyclic) bond motifs is 1. The van der Waals surface area contributed by atoms with E-state index in [0.29, 0.717) is 23.3 Å². The van der Waals surface area contributed by atoms with Gasteiger partial charge in [0.2, 0.25) is 5.91 Å². The molecule has 2 aliphatic rings. The Labute approximate surface area is 163 Å². The number of hydrogen-bond acceptors (Lipinski definition) is 4. The molecule has 1 saturated carbocycles. The first-order valence-corrected chi connectivity index (χ1v) is 10.7. The molecule has 142 valence electrons. The summed E-state index contributed by atoms with van der Waals surface area (Å²) in [6.45, 7) is 3.89. The number of nitrogens with zero attached hydrogens (tertiary/aromatic N) is 2. The number of hydrogen-bond donors (Lipinski definition) is 1. The molecule has 0 radical (unpaired) electrons. The van der Waals surface area contributed by atoms with Gasteiger partial charge in [-0.3, -0.25) is 9.59 Å². The highest BCUT2D eigenvalue weighted by atomic mass is 32.2. The number of para-hydroxylation sites is 1. The zero-order valence-corrected chi connectivity index (χ0v) is 16.4. The van der Waals surface area contributed by atoms with Gasteiger partial charge in [-0.2, -0.15) is 0 Å². The van der Waals surface area contributed by atoms with Gasteiger partial charge < -0.3 is 10.2 Å². The van der Waals surface area contributed by atoms with E-state index in [0.717, 1.165) is 48.3 Å². The maximum absolute atomic E-state index is 12.7. The highest BCUT2D eigenvalue weighted by Crippen LogP contribution is 2.26. The lowest BCUT2D eigenvalue weighted by Gasteiger charge is -2.30.